The second kappa shape index (κ2) is 9.02. The Morgan fingerprint density at radius 2 is 1.41 bits per heavy atom. The first-order chi connectivity index (χ1) is 18.2. The van der Waals surface area contributed by atoms with E-state index in [-0.39, 0.29) is 0 Å². The lowest BCUT2D eigenvalue weighted by Gasteiger charge is -2.15. The number of fused-ring (bicyclic) bond motifs is 3. The maximum atomic E-state index is 5.03. The standard InChI is InChI=1S/C32H23BrN4/c33-24-14-15-26-27-16-17-34-32(27)37(30(26)19-24)25-13-7-12-23(18-25)29-20-28(21-8-3-1-4-9-21)35-31(36-29)22-10-5-2-6-11-22/h1-13,16-20,34H,14-15H2. The van der Waals surface area contributed by atoms with Crippen LogP contribution in [-0.2, 0) is 6.42 Å². The molecule has 3 heterocycles. The molecule has 0 aliphatic heterocycles. The lowest BCUT2D eigenvalue weighted by Crippen LogP contribution is -2.02. The number of nitrogens with one attached hydrogen (secondary N) is 1. The number of rotatable bonds is 4. The molecule has 0 atom stereocenters. The van der Waals surface area contributed by atoms with Crippen molar-refractivity contribution in [3.63, 3.8) is 0 Å². The first kappa shape index (κ1) is 22.0. The molecule has 3 aromatic carbocycles. The summed E-state index contributed by atoms with van der Waals surface area (Å²) in [6, 6.07) is 33.4. The molecular formula is C32H23BrN4. The summed E-state index contributed by atoms with van der Waals surface area (Å²) in [5.41, 5.74) is 9.78. The van der Waals surface area contributed by atoms with Crippen LogP contribution >= 0.6 is 15.9 Å². The van der Waals surface area contributed by atoms with Gasteiger partial charge in [0.05, 0.1) is 17.1 Å². The van der Waals surface area contributed by atoms with Gasteiger partial charge in [-0.2, -0.15) is 0 Å². The van der Waals surface area contributed by atoms with E-state index in [2.05, 4.69) is 92.2 Å². The Bertz CT molecular complexity index is 1720. The van der Waals surface area contributed by atoms with Crippen LogP contribution < -0.4 is 0 Å². The summed E-state index contributed by atoms with van der Waals surface area (Å²) in [4.78, 5) is 13.4. The zero-order chi connectivity index (χ0) is 24.8. The minimum atomic E-state index is 0.722. The predicted octanol–water partition coefficient (Wildman–Crippen LogP) is 8.43. The van der Waals surface area contributed by atoms with Crippen LogP contribution in [0.3, 0.4) is 0 Å². The Morgan fingerprint density at radius 3 is 2.19 bits per heavy atom. The number of allylic oxidation sites excluding steroid dienone is 1. The first-order valence-electron chi connectivity index (χ1n) is 12.4. The van der Waals surface area contributed by atoms with Gasteiger partial charge in [0.1, 0.15) is 5.65 Å². The van der Waals surface area contributed by atoms with Crippen molar-refractivity contribution >= 4 is 33.0 Å². The van der Waals surface area contributed by atoms with Crippen LogP contribution in [0.15, 0.2) is 108 Å². The van der Waals surface area contributed by atoms with Crippen LogP contribution in [0.5, 0.6) is 0 Å². The SMILES string of the molecule is BrC1=Cc2c(c3cc[nH]c3n2-c2cccc(-c3cc(-c4ccccc4)nc(-c4ccccc4)n3)c2)CC1. The molecular weight excluding hydrogens is 520 g/mol. The molecule has 0 saturated carbocycles. The van der Waals surface area contributed by atoms with Gasteiger partial charge in [0.25, 0.3) is 0 Å². The molecule has 0 amide bonds. The highest BCUT2D eigenvalue weighted by atomic mass is 79.9. The highest BCUT2D eigenvalue weighted by Gasteiger charge is 2.21. The lowest BCUT2D eigenvalue weighted by atomic mass is 10.0. The monoisotopic (exact) mass is 542 g/mol. The van der Waals surface area contributed by atoms with E-state index in [9.17, 15) is 0 Å². The van der Waals surface area contributed by atoms with Crippen LogP contribution in [0.2, 0.25) is 0 Å². The Morgan fingerprint density at radius 1 is 0.703 bits per heavy atom. The second-order valence-electron chi connectivity index (χ2n) is 9.27. The van der Waals surface area contributed by atoms with Gasteiger partial charge < -0.3 is 4.98 Å². The zero-order valence-corrected chi connectivity index (χ0v) is 21.6. The van der Waals surface area contributed by atoms with Crippen LogP contribution in [0.25, 0.3) is 56.7 Å². The number of nitrogens with zero attached hydrogens (tertiary/aromatic N) is 3. The van der Waals surface area contributed by atoms with Gasteiger partial charge in [-0.05, 0) is 53.2 Å². The topological polar surface area (TPSA) is 46.5 Å². The number of aromatic nitrogens is 4. The van der Waals surface area contributed by atoms with E-state index in [4.69, 9.17) is 9.97 Å². The maximum Gasteiger partial charge on any atom is 0.160 e. The fourth-order valence-electron chi connectivity index (χ4n) is 5.20. The number of aryl methyl sites for hydroxylation is 1. The minimum absolute atomic E-state index is 0.722. The van der Waals surface area contributed by atoms with Crippen molar-refractivity contribution in [2.75, 3.05) is 0 Å². The average molecular weight is 543 g/mol. The van der Waals surface area contributed by atoms with E-state index >= 15 is 0 Å². The summed E-state index contributed by atoms with van der Waals surface area (Å²) >= 11 is 3.74. The molecule has 6 aromatic rings. The predicted molar refractivity (Wildman–Crippen MR) is 155 cm³/mol. The normalized spacial score (nSPS) is 12.9. The molecule has 0 spiro atoms. The molecule has 4 nitrogen and oxygen atoms in total. The third kappa shape index (κ3) is 3.92. The van der Waals surface area contributed by atoms with Crippen LogP contribution in [0.1, 0.15) is 17.7 Å². The number of benzene rings is 3. The Labute approximate surface area is 223 Å². The van der Waals surface area contributed by atoms with Gasteiger partial charge in [-0.15, -0.1) is 0 Å². The molecule has 0 radical (unpaired) electrons. The van der Waals surface area contributed by atoms with Crippen molar-refractivity contribution in [3.05, 3.63) is 119 Å². The Balaban J connectivity index is 1.41. The van der Waals surface area contributed by atoms with Crippen molar-refractivity contribution in [2.45, 2.75) is 12.8 Å². The molecule has 178 valence electrons. The fourth-order valence-corrected chi connectivity index (χ4v) is 5.62. The van der Waals surface area contributed by atoms with E-state index in [1.165, 1.54) is 21.1 Å². The van der Waals surface area contributed by atoms with Gasteiger partial charge in [0, 0.05) is 34.0 Å². The Kier molecular flexibility index (Phi) is 5.37. The first-order valence-corrected chi connectivity index (χ1v) is 13.2. The van der Waals surface area contributed by atoms with Gasteiger partial charge in [0.2, 0.25) is 0 Å². The van der Waals surface area contributed by atoms with E-state index in [1.54, 1.807) is 0 Å². The van der Waals surface area contributed by atoms with Gasteiger partial charge in [-0.25, -0.2) is 9.97 Å². The number of halogens is 1. The van der Waals surface area contributed by atoms with Gasteiger partial charge >= 0.3 is 0 Å². The van der Waals surface area contributed by atoms with Gasteiger partial charge in [-0.3, -0.25) is 4.57 Å². The molecule has 0 unspecified atom stereocenters. The van der Waals surface area contributed by atoms with Crippen LogP contribution in [0.4, 0.5) is 0 Å². The van der Waals surface area contributed by atoms with E-state index in [1.807, 2.05) is 42.6 Å². The fraction of sp³-hybridized carbons (Fsp3) is 0.0625. The molecule has 1 aliphatic rings. The molecule has 1 aliphatic carbocycles. The van der Waals surface area contributed by atoms with Gasteiger partial charge in [0.15, 0.2) is 5.82 Å². The van der Waals surface area contributed by atoms with Crippen LogP contribution in [0, 0.1) is 0 Å². The largest absolute Gasteiger partial charge is 0.347 e. The number of hydrogen-bond acceptors (Lipinski definition) is 2. The molecule has 0 fully saturated rings. The lowest BCUT2D eigenvalue weighted by molar-refractivity contribution is 0.956. The summed E-state index contributed by atoms with van der Waals surface area (Å²) in [6.45, 7) is 0. The van der Waals surface area contributed by atoms with Crippen molar-refractivity contribution in [1.82, 2.24) is 19.5 Å². The molecule has 5 heteroatoms. The van der Waals surface area contributed by atoms with E-state index in [0.29, 0.717) is 0 Å². The van der Waals surface area contributed by atoms with Gasteiger partial charge in [-0.1, -0.05) is 88.7 Å². The minimum Gasteiger partial charge on any atom is -0.347 e. The maximum absolute atomic E-state index is 5.03. The second-order valence-corrected chi connectivity index (χ2v) is 10.3. The van der Waals surface area contributed by atoms with E-state index in [0.717, 1.165) is 58.1 Å². The molecule has 7 rings (SSSR count). The summed E-state index contributed by atoms with van der Waals surface area (Å²) in [6.07, 6.45) is 6.34. The molecule has 37 heavy (non-hydrogen) atoms. The van der Waals surface area contributed by atoms with Crippen molar-refractivity contribution in [1.29, 1.82) is 0 Å². The Hall–Kier alpha value is -4.22. The third-order valence-corrected chi connectivity index (χ3v) is 7.58. The highest BCUT2D eigenvalue weighted by Crippen LogP contribution is 2.37. The average Bonchev–Trinajstić information content (AvgIpc) is 3.54. The van der Waals surface area contributed by atoms with Crippen molar-refractivity contribution in [2.24, 2.45) is 0 Å². The highest BCUT2D eigenvalue weighted by molar-refractivity contribution is 9.11. The van der Waals surface area contributed by atoms with Crippen LogP contribution in [-0.4, -0.2) is 19.5 Å². The summed E-state index contributed by atoms with van der Waals surface area (Å²) in [7, 11) is 0. The smallest absolute Gasteiger partial charge is 0.160 e. The summed E-state index contributed by atoms with van der Waals surface area (Å²) < 4.78 is 3.56. The molecule has 1 N–H and O–H groups in total. The molecule has 0 saturated heterocycles. The van der Waals surface area contributed by atoms with Crippen molar-refractivity contribution < 1.29 is 0 Å². The molecule has 3 aromatic heterocycles. The summed E-state index contributed by atoms with van der Waals surface area (Å²) in [5, 5.41) is 1.29. The van der Waals surface area contributed by atoms with E-state index < -0.39 is 0 Å². The quantitative estimate of drug-likeness (QED) is 0.243. The molecule has 0 bridgehead atoms. The third-order valence-electron chi connectivity index (χ3n) is 6.96. The number of aromatic amines is 1. The summed E-state index contributed by atoms with van der Waals surface area (Å²) in [5.74, 6) is 0.722. The number of H-pyrrole nitrogens is 1. The zero-order valence-electron chi connectivity index (χ0n) is 20.0. The van der Waals surface area contributed by atoms with Crippen molar-refractivity contribution in [3.8, 4) is 39.6 Å². The number of hydrogen-bond donors (Lipinski definition) is 1.